The molecule has 2 rings (SSSR count). The van der Waals surface area contributed by atoms with Crippen molar-refractivity contribution >= 4 is 11.4 Å². The van der Waals surface area contributed by atoms with Gasteiger partial charge in [-0.15, -0.1) is 0 Å². The van der Waals surface area contributed by atoms with Gasteiger partial charge in [0.15, 0.2) is 0 Å². The molecule has 1 unspecified atom stereocenters. The van der Waals surface area contributed by atoms with E-state index in [-0.39, 0.29) is 6.04 Å². The minimum atomic E-state index is -4.29. The van der Waals surface area contributed by atoms with Gasteiger partial charge in [-0.25, -0.2) is 0 Å². The van der Waals surface area contributed by atoms with Gasteiger partial charge in [-0.05, 0) is 24.1 Å². The fraction of sp³-hybridized carbons (Fsp3) is 0.538. The van der Waals surface area contributed by atoms with Gasteiger partial charge in [-0.3, -0.25) is 0 Å². The SMILES string of the molecule is CC(C)C1CNc2ccc(C(F)(F)F)cc2N1C. The number of nitrogens with one attached hydrogen (secondary N) is 1. The second-order valence-electron chi connectivity index (χ2n) is 5.03. The Balaban J connectivity index is 2.40. The van der Waals surface area contributed by atoms with E-state index in [4.69, 9.17) is 0 Å². The normalized spacial score (nSPS) is 19.7. The van der Waals surface area contributed by atoms with E-state index in [1.165, 1.54) is 12.1 Å². The molecule has 1 aromatic carbocycles. The van der Waals surface area contributed by atoms with Crippen molar-refractivity contribution in [1.82, 2.24) is 0 Å². The number of anilines is 2. The van der Waals surface area contributed by atoms with Gasteiger partial charge in [0.25, 0.3) is 0 Å². The van der Waals surface area contributed by atoms with E-state index in [0.29, 0.717) is 11.6 Å². The maximum atomic E-state index is 12.7. The number of likely N-dealkylation sites (N-methyl/N-ethyl adjacent to an activating group) is 1. The molecule has 0 bridgehead atoms. The first-order chi connectivity index (χ1) is 8.30. The minimum Gasteiger partial charge on any atom is -0.381 e. The largest absolute Gasteiger partial charge is 0.416 e. The van der Waals surface area contributed by atoms with Crippen molar-refractivity contribution in [1.29, 1.82) is 0 Å². The monoisotopic (exact) mass is 258 g/mol. The van der Waals surface area contributed by atoms with Crippen LogP contribution in [0.4, 0.5) is 24.5 Å². The number of halogens is 3. The number of hydrogen-bond donors (Lipinski definition) is 1. The predicted molar refractivity (Wildman–Crippen MR) is 67.0 cm³/mol. The summed E-state index contributed by atoms with van der Waals surface area (Å²) in [7, 11) is 1.85. The molecule has 1 atom stereocenters. The number of rotatable bonds is 1. The molecule has 0 amide bonds. The highest BCUT2D eigenvalue weighted by Gasteiger charge is 2.33. The van der Waals surface area contributed by atoms with Gasteiger partial charge in [0, 0.05) is 19.6 Å². The highest BCUT2D eigenvalue weighted by Crippen LogP contribution is 2.38. The lowest BCUT2D eigenvalue weighted by atomic mass is 9.98. The van der Waals surface area contributed by atoms with E-state index >= 15 is 0 Å². The molecule has 1 aliphatic heterocycles. The lowest BCUT2D eigenvalue weighted by Gasteiger charge is -2.39. The van der Waals surface area contributed by atoms with Gasteiger partial charge in [0.05, 0.1) is 16.9 Å². The summed E-state index contributed by atoms with van der Waals surface area (Å²) >= 11 is 0. The van der Waals surface area contributed by atoms with Crippen LogP contribution >= 0.6 is 0 Å². The molecular weight excluding hydrogens is 241 g/mol. The summed E-state index contributed by atoms with van der Waals surface area (Å²) in [5, 5.41) is 3.19. The van der Waals surface area contributed by atoms with Gasteiger partial charge < -0.3 is 10.2 Å². The molecule has 0 radical (unpaired) electrons. The third-order valence-electron chi connectivity index (χ3n) is 3.47. The zero-order chi connectivity index (χ0) is 13.5. The second-order valence-corrected chi connectivity index (χ2v) is 5.03. The number of fused-ring (bicyclic) bond motifs is 1. The number of hydrogen-bond acceptors (Lipinski definition) is 2. The highest BCUT2D eigenvalue weighted by atomic mass is 19.4. The van der Waals surface area contributed by atoms with Gasteiger partial charge in [-0.1, -0.05) is 13.8 Å². The Bertz CT molecular complexity index is 440. The summed E-state index contributed by atoms with van der Waals surface area (Å²) in [5.41, 5.74) is 0.788. The van der Waals surface area contributed by atoms with Crippen LogP contribution in [0.25, 0.3) is 0 Å². The maximum Gasteiger partial charge on any atom is 0.416 e. The summed E-state index contributed by atoms with van der Waals surface area (Å²) in [6.45, 7) is 4.90. The first-order valence-electron chi connectivity index (χ1n) is 5.98. The van der Waals surface area contributed by atoms with E-state index in [1.807, 2.05) is 11.9 Å². The quantitative estimate of drug-likeness (QED) is 0.828. The molecule has 2 nitrogen and oxygen atoms in total. The molecule has 1 N–H and O–H groups in total. The van der Waals surface area contributed by atoms with E-state index in [2.05, 4.69) is 19.2 Å². The molecule has 0 spiro atoms. The van der Waals surface area contributed by atoms with E-state index in [0.717, 1.165) is 18.3 Å². The summed E-state index contributed by atoms with van der Waals surface area (Å²) in [6.07, 6.45) is -4.29. The van der Waals surface area contributed by atoms with Crippen molar-refractivity contribution in [3.05, 3.63) is 23.8 Å². The van der Waals surface area contributed by atoms with Gasteiger partial charge in [0.1, 0.15) is 0 Å². The zero-order valence-corrected chi connectivity index (χ0v) is 10.7. The molecule has 0 saturated carbocycles. The fourth-order valence-electron chi connectivity index (χ4n) is 2.36. The first kappa shape index (κ1) is 13.1. The van der Waals surface area contributed by atoms with Crippen LogP contribution in [0, 0.1) is 5.92 Å². The molecule has 0 saturated heterocycles. The maximum absolute atomic E-state index is 12.7. The van der Waals surface area contributed by atoms with Crippen molar-refractivity contribution in [3.8, 4) is 0 Å². The zero-order valence-electron chi connectivity index (χ0n) is 10.7. The summed E-state index contributed by atoms with van der Waals surface area (Å²) in [5.74, 6) is 0.380. The number of nitrogens with zero attached hydrogens (tertiary/aromatic N) is 1. The Kier molecular flexibility index (Phi) is 3.17. The Hall–Kier alpha value is -1.39. The predicted octanol–water partition coefficient (Wildman–Crippen LogP) is 3.59. The molecule has 5 heteroatoms. The second kappa shape index (κ2) is 4.37. The lowest BCUT2D eigenvalue weighted by Crippen LogP contribution is -2.44. The van der Waals surface area contributed by atoms with Gasteiger partial charge in [0.2, 0.25) is 0 Å². The van der Waals surface area contributed by atoms with Crippen LogP contribution in [0.3, 0.4) is 0 Å². The van der Waals surface area contributed by atoms with Crippen LogP contribution in [0.15, 0.2) is 18.2 Å². The summed E-state index contributed by atoms with van der Waals surface area (Å²) < 4.78 is 38.1. The molecule has 18 heavy (non-hydrogen) atoms. The molecule has 0 fully saturated rings. The van der Waals surface area contributed by atoms with E-state index < -0.39 is 11.7 Å². The molecule has 1 aromatic rings. The molecule has 100 valence electrons. The van der Waals surface area contributed by atoms with Crippen molar-refractivity contribution in [2.45, 2.75) is 26.1 Å². The standard InChI is InChI=1S/C13H17F3N2/c1-8(2)12-7-17-10-5-4-9(13(14,15)16)6-11(10)18(12)3/h4-6,8,12,17H,7H2,1-3H3. The van der Waals surface area contributed by atoms with Crippen LogP contribution < -0.4 is 10.2 Å². The highest BCUT2D eigenvalue weighted by molar-refractivity contribution is 5.73. The fourth-order valence-corrected chi connectivity index (χ4v) is 2.36. The molecule has 0 aliphatic carbocycles. The smallest absolute Gasteiger partial charge is 0.381 e. The van der Waals surface area contributed by atoms with Crippen LogP contribution in [0.5, 0.6) is 0 Å². The number of benzene rings is 1. The van der Waals surface area contributed by atoms with Gasteiger partial charge in [-0.2, -0.15) is 13.2 Å². The van der Waals surface area contributed by atoms with Gasteiger partial charge >= 0.3 is 6.18 Å². The average Bonchev–Trinajstić information content (AvgIpc) is 2.27. The molecule has 1 aliphatic rings. The van der Waals surface area contributed by atoms with Crippen molar-refractivity contribution < 1.29 is 13.2 Å². The van der Waals surface area contributed by atoms with E-state index in [9.17, 15) is 13.2 Å². The van der Waals surface area contributed by atoms with Crippen molar-refractivity contribution in [2.24, 2.45) is 5.92 Å². The first-order valence-corrected chi connectivity index (χ1v) is 5.98. The van der Waals surface area contributed by atoms with Crippen LogP contribution in [0.2, 0.25) is 0 Å². The Morgan fingerprint density at radius 3 is 2.56 bits per heavy atom. The van der Waals surface area contributed by atoms with Crippen LogP contribution in [0.1, 0.15) is 19.4 Å². The summed E-state index contributed by atoms with van der Waals surface area (Å²) in [6, 6.07) is 4.05. The molecule has 0 aromatic heterocycles. The molecule has 1 heterocycles. The van der Waals surface area contributed by atoms with E-state index in [1.54, 1.807) is 0 Å². The van der Waals surface area contributed by atoms with Crippen LogP contribution in [-0.2, 0) is 6.18 Å². The Morgan fingerprint density at radius 1 is 1.33 bits per heavy atom. The van der Waals surface area contributed by atoms with Crippen molar-refractivity contribution in [2.75, 3.05) is 23.8 Å². The topological polar surface area (TPSA) is 15.3 Å². The average molecular weight is 258 g/mol. The third-order valence-corrected chi connectivity index (χ3v) is 3.47. The Morgan fingerprint density at radius 2 is 2.00 bits per heavy atom. The van der Waals surface area contributed by atoms with Crippen molar-refractivity contribution in [3.63, 3.8) is 0 Å². The number of alkyl halides is 3. The van der Waals surface area contributed by atoms with Crippen LogP contribution in [-0.4, -0.2) is 19.6 Å². The minimum absolute atomic E-state index is 0.209. The summed E-state index contributed by atoms with van der Waals surface area (Å²) in [4.78, 5) is 1.94. The Labute approximate surface area is 105 Å². The molecular formula is C13H17F3N2. The lowest BCUT2D eigenvalue weighted by molar-refractivity contribution is -0.137. The third kappa shape index (κ3) is 2.26.